The number of hydrogen-bond acceptors (Lipinski definition) is 4. The van der Waals surface area contributed by atoms with Gasteiger partial charge in [0, 0.05) is 38.3 Å². The van der Waals surface area contributed by atoms with E-state index in [0.29, 0.717) is 25.2 Å². The van der Waals surface area contributed by atoms with Crippen molar-refractivity contribution < 1.29 is 14.2 Å². The highest BCUT2D eigenvalue weighted by molar-refractivity contribution is 5.33. The zero-order valence-corrected chi connectivity index (χ0v) is 14.9. The summed E-state index contributed by atoms with van der Waals surface area (Å²) in [6.07, 6.45) is 1.48. The van der Waals surface area contributed by atoms with Crippen molar-refractivity contribution >= 4 is 0 Å². The molecule has 1 aromatic rings. The van der Waals surface area contributed by atoms with Crippen LogP contribution in [0.3, 0.4) is 0 Å². The Bertz CT molecular complexity index is 470. The fraction of sp³-hybridized carbons (Fsp3) is 0.684. The van der Waals surface area contributed by atoms with E-state index < -0.39 is 0 Å². The molecule has 1 aliphatic heterocycles. The molecule has 1 heterocycles. The van der Waals surface area contributed by atoms with Gasteiger partial charge in [-0.25, -0.2) is 0 Å². The summed E-state index contributed by atoms with van der Waals surface area (Å²) in [5, 5.41) is 3.59. The number of ether oxygens (including phenoxy) is 3. The van der Waals surface area contributed by atoms with Crippen molar-refractivity contribution in [3.05, 3.63) is 29.8 Å². The smallest absolute Gasteiger partial charge is 0.123 e. The molecule has 4 nitrogen and oxygen atoms in total. The fourth-order valence-electron chi connectivity index (χ4n) is 3.22. The monoisotopic (exact) mass is 321 g/mol. The number of methoxy groups -OCH3 is 1. The van der Waals surface area contributed by atoms with Gasteiger partial charge in [-0.05, 0) is 17.9 Å². The average Bonchev–Trinajstić information content (AvgIpc) is 2.98. The Morgan fingerprint density at radius 1 is 1.22 bits per heavy atom. The molecule has 0 radical (unpaired) electrons. The van der Waals surface area contributed by atoms with E-state index in [1.54, 1.807) is 7.11 Å². The Hall–Kier alpha value is -1.10. The normalized spacial score (nSPS) is 21.6. The summed E-state index contributed by atoms with van der Waals surface area (Å²) in [6.45, 7) is 10.6. The van der Waals surface area contributed by atoms with Crippen LogP contribution in [0.2, 0.25) is 0 Å². The molecule has 4 heteroatoms. The Balaban J connectivity index is 1.84. The molecular formula is C19H31NO3. The lowest BCUT2D eigenvalue weighted by atomic mass is 9.81. The van der Waals surface area contributed by atoms with Gasteiger partial charge in [0.2, 0.25) is 0 Å². The summed E-state index contributed by atoms with van der Waals surface area (Å²) in [5.74, 6) is 1.52. The molecule has 130 valence electrons. The van der Waals surface area contributed by atoms with Crippen LogP contribution >= 0.6 is 0 Å². The summed E-state index contributed by atoms with van der Waals surface area (Å²) < 4.78 is 16.8. The van der Waals surface area contributed by atoms with Gasteiger partial charge >= 0.3 is 0 Å². The first kappa shape index (κ1) is 18.2. The molecule has 0 aromatic heterocycles. The van der Waals surface area contributed by atoms with Gasteiger partial charge in [0.1, 0.15) is 12.4 Å². The zero-order valence-electron chi connectivity index (χ0n) is 14.9. The topological polar surface area (TPSA) is 39.7 Å². The van der Waals surface area contributed by atoms with Crippen LogP contribution in [0, 0.1) is 11.3 Å². The van der Waals surface area contributed by atoms with Crippen molar-refractivity contribution in [3.8, 4) is 5.75 Å². The molecule has 0 amide bonds. The first-order chi connectivity index (χ1) is 11.0. The van der Waals surface area contributed by atoms with Crippen LogP contribution in [0.25, 0.3) is 0 Å². The van der Waals surface area contributed by atoms with E-state index in [9.17, 15) is 0 Å². The maximum atomic E-state index is 5.94. The minimum absolute atomic E-state index is 0.198. The fourth-order valence-corrected chi connectivity index (χ4v) is 3.22. The molecule has 23 heavy (non-hydrogen) atoms. The number of rotatable bonds is 8. The molecule has 0 saturated carbocycles. The Morgan fingerprint density at radius 3 is 2.74 bits per heavy atom. The maximum Gasteiger partial charge on any atom is 0.123 e. The second-order valence-corrected chi connectivity index (χ2v) is 7.29. The third-order valence-corrected chi connectivity index (χ3v) is 4.31. The third-order valence-electron chi connectivity index (χ3n) is 4.31. The lowest BCUT2D eigenvalue weighted by Gasteiger charge is -2.31. The lowest BCUT2D eigenvalue weighted by Crippen LogP contribution is -2.36. The molecule has 0 aliphatic carbocycles. The quantitative estimate of drug-likeness (QED) is 0.746. The second kappa shape index (κ2) is 8.67. The van der Waals surface area contributed by atoms with Crippen molar-refractivity contribution in [2.75, 3.05) is 33.5 Å². The summed E-state index contributed by atoms with van der Waals surface area (Å²) in [5.41, 5.74) is 1.39. The Kier molecular flexibility index (Phi) is 6.88. The van der Waals surface area contributed by atoms with Crippen LogP contribution in [-0.2, 0) is 16.0 Å². The number of nitrogens with one attached hydrogen (secondary N) is 1. The largest absolute Gasteiger partial charge is 0.491 e. The SMILES string of the molecule is COCCOc1ccccc1CNC[C@H]1CCO[C@@H]1C(C)(C)C. The molecule has 1 saturated heterocycles. The second-order valence-electron chi connectivity index (χ2n) is 7.29. The van der Waals surface area contributed by atoms with Crippen molar-refractivity contribution in [3.63, 3.8) is 0 Å². The van der Waals surface area contributed by atoms with Crippen LogP contribution in [0.1, 0.15) is 32.8 Å². The van der Waals surface area contributed by atoms with Gasteiger partial charge in [0.25, 0.3) is 0 Å². The van der Waals surface area contributed by atoms with E-state index in [1.807, 2.05) is 12.1 Å². The lowest BCUT2D eigenvalue weighted by molar-refractivity contribution is 0.00720. The van der Waals surface area contributed by atoms with Gasteiger partial charge in [-0.15, -0.1) is 0 Å². The first-order valence-corrected chi connectivity index (χ1v) is 8.54. The molecule has 1 aliphatic rings. The minimum Gasteiger partial charge on any atom is -0.491 e. The highest BCUT2D eigenvalue weighted by atomic mass is 16.5. The number of hydrogen-bond donors (Lipinski definition) is 1. The van der Waals surface area contributed by atoms with Crippen LogP contribution < -0.4 is 10.1 Å². The Labute approximate surface area is 140 Å². The summed E-state index contributed by atoms with van der Waals surface area (Å²) in [6, 6.07) is 8.19. The van der Waals surface area contributed by atoms with E-state index in [2.05, 4.69) is 38.2 Å². The highest BCUT2D eigenvalue weighted by Gasteiger charge is 2.36. The van der Waals surface area contributed by atoms with Gasteiger partial charge < -0.3 is 19.5 Å². The van der Waals surface area contributed by atoms with E-state index in [1.165, 1.54) is 5.56 Å². The molecule has 1 fully saturated rings. The first-order valence-electron chi connectivity index (χ1n) is 8.54. The van der Waals surface area contributed by atoms with Crippen LogP contribution in [0.5, 0.6) is 5.75 Å². The number of benzene rings is 1. The van der Waals surface area contributed by atoms with Crippen molar-refractivity contribution in [1.29, 1.82) is 0 Å². The summed E-state index contributed by atoms with van der Waals surface area (Å²) in [7, 11) is 1.69. The maximum absolute atomic E-state index is 5.94. The van der Waals surface area contributed by atoms with Gasteiger partial charge in [0.05, 0.1) is 12.7 Å². The molecule has 2 rings (SSSR count). The summed E-state index contributed by atoms with van der Waals surface area (Å²) in [4.78, 5) is 0. The molecule has 1 N–H and O–H groups in total. The van der Waals surface area contributed by atoms with Crippen molar-refractivity contribution in [2.45, 2.75) is 39.8 Å². The Morgan fingerprint density at radius 2 is 2.00 bits per heavy atom. The predicted molar refractivity (Wildman–Crippen MR) is 92.8 cm³/mol. The molecule has 2 atom stereocenters. The minimum atomic E-state index is 0.198. The van der Waals surface area contributed by atoms with Gasteiger partial charge in [0.15, 0.2) is 0 Å². The predicted octanol–water partition coefficient (Wildman–Crippen LogP) is 3.25. The van der Waals surface area contributed by atoms with E-state index in [0.717, 1.165) is 31.9 Å². The van der Waals surface area contributed by atoms with E-state index in [-0.39, 0.29) is 5.41 Å². The molecule has 0 spiro atoms. The molecule has 0 unspecified atom stereocenters. The zero-order chi connectivity index (χ0) is 16.7. The van der Waals surface area contributed by atoms with Crippen molar-refractivity contribution in [1.82, 2.24) is 5.32 Å². The van der Waals surface area contributed by atoms with Gasteiger partial charge in [-0.1, -0.05) is 39.0 Å². The highest BCUT2D eigenvalue weighted by Crippen LogP contribution is 2.34. The standard InChI is InChI=1S/C19H31NO3/c1-19(2,3)18-16(9-10-23-18)14-20-13-15-7-5-6-8-17(15)22-12-11-21-4/h5-8,16,18,20H,9-14H2,1-4H3/t16-,18+/m1/s1. The van der Waals surface area contributed by atoms with Crippen LogP contribution in [0.4, 0.5) is 0 Å². The van der Waals surface area contributed by atoms with Gasteiger partial charge in [-0.3, -0.25) is 0 Å². The van der Waals surface area contributed by atoms with Gasteiger partial charge in [-0.2, -0.15) is 0 Å². The molecule has 0 bridgehead atoms. The van der Waals surface area contributed by atoms with Crippen molar-refractivity contribution in [2.24, 2.45) is 11.3 Å². The average molecular weight is 321 g/mol. The van der Waals surface area contributed by atoms with E-state index >= 15 is 0 Å². The number of para-hydroxylation sites is 1. The van der Waals surface area contributed by atoms with Crippen LogP contribution in [0.15, 0.2) is 24.3 Å². The molecular weight excluding hydrogens is 290 g/mol. The van der Waals surface area contributed by atoms with Crippen LogP contribution in [-0.4, -0.2) is 39.6 Å². The summed E-state index contributed by atoms with van der Waals surface area (Å²) >= 11 is 0. The van der Waals surface area contributed by atoms with E-state index in [4.69, 9.17) is 14.2 Å². The molecule has 1 aromatic carbocycles. The third kappa shape index (κ3) is 5.48.